The number of aliphatic carboxylic acids is 1. The molecule has 2 atom stereocenters. The summed E-state index contributed by atoms with van der Waals surface area (Å²) in [7, 11) is 0. The Hall–Kier alpha value is -0.570. The van der Waals surface area contributed by atoms with Crippen molar-refractivity contribution in [3.8, 4) is 0 Å². The fourth-order valence-electron chi connectivity index (χ4n) is 2.79. The summed E-state index contributed by atoms with van der Waals surface area (Å²) < 4.78 is 5.68. The van der Waals surface area contributed by atoms with Gasteiger partial charge in [0.25, 0.3) is 0 Å². The minimum absolute atomic E-state index is 0.0887. The Morgan fingerprint density at radius 2 is 2.12 bits per heavy atom. The van der Waals surface area contributed by atoms with Crippen LogP contribution in [0.4, 0.5) is 0 Å². The molecule has 0 unspecified atom stereocenters. The Morgan fingerprint density at radius 1 is 1.50 bits per heavy atom. The van der Waals surface area contributed by atoms with E-state index in [4.69, 9.17) is 9.84 Å². The van der Waals surface area contributed by atoms with E-state index < -0.39 is 5.97 Å². The highest BCUT2D eigenvalue weighted by Gasteiger charge is 2.35. The van der Waals surface area contributed by atoms with E-state index in [1.165, 1.54) is 0 Å². The fraction of sp³-hybridized carbons (Fsp3) is 0.923. The van der Waals surface area contributed by atoms with Gasteiger partial charge in [-0.2, -0.15) is 0 Å². The van der Waals surface area contributed by atoms with Crippen LogP contribution < -0.4 is 0 Å². The molecule has 1 aliphatic heterocycles. The zero-order chi connectivity index (χ0) is 12.3. The van der Waals surface area contributed by atoms with Gasteiger partial charge in [-0.05, 0) is 44.4 Å². The molecule has 16 heavy (non-hydrogen) atoms. The van der Waals surface area contributed by atoms with Crippen LogP contribution in [0.5, 0.6) is 0 Å². The van der Waals surface area contributed by atoms with E-state index in [9.17, 15) is 4.79 Å². The second-order valence-corrected chi connectivity index (χ2v) is 5.87. The zero-order valence-corrected chi connectivity index (χ0v) is 10.8. The second-order valence-electron chi connectivity index (χ2n) is 5.87. The SMILES string of the molecule is CC(C)[C@@H](CC(=O)O)[C@H]1CCOC(C)(C)C1. The molecule has 0 aromatic rings. The Kier molecular flexibility index (Phi) is 4.36. The van der Waals surface area contributed by atoms with Crippen LogP contribution in [0.15, 0.2) is 0 Å². The van der Waals surface area contributed by atoms with E-state index >= 15 is 0 Å². The lowest BCUT2D eigenvalue weighted by Crippen LogP contribution is -2.38. The predicted octanol–water partition coefficient (Wildman–Crippen LogP) is 2.94. The number of carbonyl (C=O) groups is 1. The fourth-order valence-corrected chi connectivity index (χ4v) is 2.79. The average Bonchev–Trinajstić information content (AvgIpc) is 2.11. The van der Waals surface area contributed by atoms with E-state index in [2.05, 4.69) is 27.7 Å². The molecule has 1 N–H and O–H groups in total. The van der Waals surface area contributed by atoms with Gasteiger partial charge in [-0.25, -0.2) is 0 Å². The molecule has 0 saturated carbocycles. The second kappa shape index (κ2) is 5.17. The smallest absolute Gasteiger partial charge is 0.303 e. The summed E-state index contributed by atoms with van der Waals surface area (Å²) in [5, 5.41) is 8.96. The van der Waals surface area contributed by atoms with Gasteiger partial charge in [-0.1, -0.05) is 13.8 Å². The summed E-state index contributed by atoms with van der Waals surface area (Å²) in [4.78, 5) is 10.9. The highest BCUT2D eigenvalue weighted by molar-refractivity contribution is 5.67. The van der Waals surface area contributed by atoms with Gasteiger partial charge in [-0.3, -0.25) is 4.79 Å². The molecule has 1 heterocycles. The quantitative estimate of drug-likeness (QED) is 0.804. The first-order chi connectivity index (χ1) is 7.32. The van der Waals surface area contributed by atoms with E-state index in [0.717, 1.165) is 19.4 Å². The first-order valence-corrected chi connectivity index (χ1v) is 6.17. The van der Waals surface area contributed by atoms with Crippen molar-refractivity contribution in [3.05, 3.63) is 0 Å². The van der Waals surface area contributed by atoms with Crippen LogP contribution in [0.1, 0.15) is 47.0 Å². The van der Waals surface area contributed by atoms with Crippen molar-refractivity contribution in [1.29, 1.82) is 0 Å². The van der Waals surface area contributed by atoms with Gasteiger partial charge < -0.3 is 9.84 Å². The summed E-state index contributed by atoms with van der Waals surface area (Å²) in [6, 6.07) is 0. The molecule has 1 rings (SSSR count). The Bertz CT molecular complexity index is 246. The standard InChI is InChI=1S/C13H24O3/c1-9(2)11(7-12(14)15)10-5-6-16-13(3,4)8-10/h9-11H,5-8H2,1-4H3,(H,14,15)/t10-,11+/m0/s1. The van der Waals surface area contributed by atoms with Crippen molar-refractivity contribution < 1.29 is 14.6 Å². The normalized spacial score (nSPS) is 26.7. The Balaban J connectivity index is 2.67. The molecule has 0 radical (unpaired) electrons. The summed E-state index contributed by atoms with van der Waals surface area (Å²) in [6.45, 7) is 9.20. The van der Waals surface area contributed by atoms with Crippen molar-refractivity contribution >= 4 is 5.97 Å². The predicted molar refractivity (Wildman–Crippen MR) is 63.3 cm³/mol. The van der Waals surface area contributed by atoms with Crippen LogP contribution in [-0.4, -0.2) is 23.3 Å². The number of ether oxygens (including phenoxy) is 1. The van der Waals surface area contributed by atoms with Gasteiger partial charge in [0.05, 0.1) is 5.60 Å². The van der Waals surface area contributed by atoms with Crippen molar-refractivity contribution in [2.45, 2.75) is 52.6 Å². The van der Waals surface area contributed by atoms with Gasteiger partial charge >= 0.3 is 5.97 Å². The maximum atomic E-state index is 10.9. The van der Waals surface area contributed by atoms with E-state index in [0.29, 0.717) is 18.3 Å². The molecule has 0 aromatic heterocycles. The molecule has 0 spiro atoms. The molecular weight excluding hydrogens is 204 g/mol. The van der Waals surface area contributed by atoms with Crippen molar-refractivity contribution in [2.24, 2.45) is 17.8 Å². The molecule has 3 heteroatoms. The van der Waals surface area contributed by atoms with Crippen LogP contribution in [0.3, 0.4) is 0 Å². The molecule has 0 amide bonds. The van der Waals surface area contributed by atoms with Gasteiger partial charge in [0, 0.05) is 13.0 Å². The third-order valence-corrected chi connectivity index (χ3v) is 3.61. The molecule has 0 aromatic carbocycles. The van der Waals surface area contributed by atoms with Gasteiger partial charge in [-0.15, -0.1) is 0 Å². The maximum absolute atomic E-state index is 10.9. The number of hydrogen-bond acceptors (Lipinski definition) is 2. The monoisotopic (exact) mass is 228 g/mol. The average molecular weight is 228 g/mol. The lowest BCUT2D eigenvalue weighted by Gasteiger charge is -2.40. The van der Waals surface area contributed by atoms with Gasteiger partial charge in [0.15, 0.2) is 0 Å². The van der Waals surface area contributed by atoms with Crippen LogP contribution >= 0.6 is 0 Å². The van der Waals surface area contributed by atoms with Crippen LogP contribution in [0, 0.1) is 17.8 Å². The molecular formula is C13H24O3. The summed E-state index contributed by atoms with van der Waals surface area (Å²) in [5.41, 5.74) is -0.0887. The molecule has 1 aliphatic rings. The van der Waals surface area contributed by atoms with Gasteiger partial charge in [0.1, 0.15) is 0 Å². The molecule has 3 nitrogen and oxygen atoms in total. The number of hydrogen-bond donors (Lipinski definition) is 1. The largest absolute Gasteiger partial charge is 0.481 e. The van der Waals surface area contributed by atoms with E-state index in [1.807, 2.05) is 0 Å². The lowest BCUT2D eigenvalue weighted by atomic mass is 9.73. The van der Waals surface area contributed by atoms with Crippen molar-refractivity contribution in [3.63, 3.8) is 0 Å². The highest BCUT2D eigenvalue weighted by Crippen LogP contribution is 2.37. The summed E-state index contributed by atoms with van der Waals surface area (Å²) in [6.07, 6.45) is 2.26. The van der Waals surface area contributed by atoms with Crippen LogP contribution in [0.2, 0.25) is 0 Å². The molecule has 1 fully saturated rings. The summed E-state index contributed by atoms with van der Waals surface area (Å²) in [5.74, 6) is 0.513. The third-order valence-electron chi connectivity index (χ3n) is 3.61. The van der Waals surface area contributed by atoms with E-state index in [1.54, 1.807) is 0 Å². The van der Waals surface area contributed by atoms with Crippen molar-refractivity contribution in [2.75, 3.05) is 6.61 Å². The topological polar surface area (TPSA) is 46.5 Å². The summed E-state index contributed by atoms with van der Waals surface area (Å²) >= 11 is 0. The zero-order valence-electron chi connectivity index (χ0n) is 10.8. The molecule has 1 saturated heterocycles. The maximum Gasteiger partial charge on any atom is 0.303 e. The van der Waals surface area contributed by atoms with Crippen molar-refractivity contribution in [1.82, 2.24) is 0 Å². The number of rotatable bonds is 4. The first kappa shape index (κ1) is 13.5. The molecule has 0 aliphatic carbocycles. The van der Waals surface area contributed by atoms with Crippen LogP contribution in [0.25, 0.3) is 0 Å². The molecule has 94 valence electrons. The third kappa shape index (κ3) is 3.78. The molecule has 0 bridgehead atoms. The minimum atomic E-state index is -0.678. The van der Waals surface area contributed by atoms with E-state index in [-0.39, 0.29) is 11.5 Å². The highest BCUT2D eigenvalue weighted by atomic mass is 16.5. The Labute approximate surface area is 98.2 Å². The minimum Gasteiger partial charge on any atom is -0.481 e. The Morgan fingerprint density at radius 3 is 2.56 bits per heavy atom. The number of carboxylic acids is 1. The van der Waals surface area contributed by atoms with Gasteiger partial charge in [0.2, 0.25) is 0 Å². The van der Waals surface area contributed by atoms with Crippen LogP contribution in [-0.2, 0) is 9.53 Å². The first-order valence-electron chi connectivity index (χ1n) is 6.17. The number of carboxylic acid groups (broad SMARTS) is 1. The lowest BCUT2D eigenvalue weighted by molar-refractivity contribution is -0.141.